The van der Waals surface area contributed by atoms with E-state index in [1.807, 2.05) is 44.2 Å². The van der Waals surface area contributed by atoms with Crippen LogP contribution in [0.4, 0.5) is 0 Å². The molecule has 0 radical (unpaired) electrons. The average molecular weight is 382 g/mol. The van der Waals surface area contributed by atoms with E-state index in [4.69, 9.17) is 21.0 Å². The standard InChI is InChI=1S/C21H20ClN3O2/c1-4-25-17-8-6-5-7-16(17)24-20(25)13(3)23-21(26)19-12(2)15-11-14(22)9-10-18(15)27-19/h5-11,13H,4H2,1-3H3,(H,23,26)/t13-/m1/s1. The van der Waals surface area contributed by atoms with E-state index in [2.05, 4.69) is 16.8 Å². The lowest BCUT2D eigenvalue weighted by Gasteiger charge is -2.14. The van der Waals surface area contributed by atoms with Crippen molar-refractivity contribution in [3.63, 3.8) is 0 Å². The SMILES string of the molecule is CCn1c([C@@H](C)NC(=O)c2oc3ccc(Cl)cc3c2C)nc2ccccc21. The first-order valence-electron chi connectivity index (χ1n) is 8.94. The number of para-hydroxylation sites is 2. The lowest BCUT2D eigenvalue weighted by Crippen LogP contribution is -2.28. The van der Waals surface area contributed by atoms with Crippen molar-refractivity contribution in [2.24, 2.45) is 0 Å². The van der Waals surface area contributed by atoms with E-state index in [1.54, 1.807) is 12.1 Å². The van der Waals surface area contributed by atoms with Gasteiger partial charge in [-0.1, -0.05) is 23.7 Å². The molecule has 6 heteroatoms. The minimum atomic E-state index is -0.263. The van der Waals surface area contributed by atoms with Crippen molar-refractivity contribution in [1.82, 2.24) is 14.9 Å². The Hall–Kier alpha value is -2.79. The van der Waals surface area contributed by atoms with Crippen molar-refractivity contribution in [2.45, 2.75) is 33.4 Å². The number of aryl methyl sites for hydroxylation is 2. The maximum absolute atomic E-state index is 12.8. The monoisotopic (exact) mass is 381 g/mol. The van der Waals surface area contributed by atoms with Gasteiger partial charge in [-0.25, -0.2) is 4.98 Å². The average Bonchev–Trinajstić information content (AvgIpc) is 3.20. The molecule has 0 fully saturated rings. The van der Waals surface area contributed by atoms with Crippen LogP contribution in [-0.2, 0) is 6.54 Å². The molecule has 4 aromatic rings. The van der Waals surface area contributed by atoms with Gasteiger partial charge in [0.05, 0.1) is 17.1 Å². The van der Waals surface area contributed by atoms with Gasteiger partial charge < -0.3 is 14.3 Å². The summed E-state index contributed by atoms with van der Waals surface area (Å²) in [5, 5.41) is 4.48. The number of nitrogens with one attached hydrogen (secondary N) is 1. The highest BCUT2D eigenvalue weighted by Crippen LogP contribution is 2.28. The zero-order chi connectivity index (χ0) is 19.1. The third-order valence-electron chi connectivity index (χ3n) is 4.84. The summed E-state index contributed by atoms with van der Waals surface area (Å²) in [6, 6.07) is 13.1. The van der Waals surface area contributed by atoms with Gasteiger partial charge in [0.25, 0.3) is 5.91 Å². The Kier molecular flexibility index (Phi) is 4.40. The number of carbonyl (C=O) groups is 1. The number of amides is 1. The second-order valence-electron chi connectivity index (χ2n) is 6.59. The van der Waals surface area contributed by atoms with Crippen molar-refractivity contribution < 1.29 is 9.21 Å². The Balaban J connectivity index is 1.66. The molecule has 0 bridgehead atoms. The summed E-state index contributed by atoms with van der Waals surface area (Å²) in [6.07, 6.45) is 0. The van der Waals surface area contributed by atoms with Crippen LogP contribution in [0.25, 0.3) is 22.0 Å². The second kappa shape index (κ2) is 6.74. The van der Waals surface area contributed by atoms with Crippen LogP contribution in [0.1, 0.15) is 41.8 Å². The molecule has 0 aliphatic carbocycles. The maximum atomic E-state index is 12.8. The van der Waals surface area contributed by atoms with Gasteiger partial charge in [0.2, 0.25) is 0 Å². The number of aromatic nitrogens is 2. The molecule has 0 saturated heterocycles. The predicted molar refractivity (Wildman–Crippen MR) is 107 cm³/mol. The van der Waals surface area contributed by atoms with E-state index < -0.39 is 0 Å². The normalized spacial score (nSPS) is 12.6. The quantitative estimate of drug-likeness (QED) is 0.524. The molecule has 4 rings (SSSR count). The molecule has 0 unspecified atom stereocenters. The third kappa shape index (κ3) is 2.98. The summed E-state index contributed by atoms with van der Waals surface area (Å²) in [6.45, 7) is 6.64. The Bertz CT molecular complexity index is 1160. The maximum Gasteiger partial charge on any atom is 0.287 e. The molecule has 27 heavy (non-hydrogen) atoms. The van der Waals surface area contributed by atoms with Gasteiger partial charge in [0, 0.05) is 22.5 Å². The summed E-state index contributed by atoms with van der Waals surface area (Å²) < 4.78 is 7.89. The summed E-state index contributed by atoms with van der Waals surface area (Å²) in [7, 11) is 0. The third-order valence-corrected chi connectivity index (χ3v) is 5.07. The zero-order valence-corrected chi connectivity index (χ0v) is 16.2. The molecule has 1 atom stereocenters. The fourth-order valence-corrected chi connectivity index (χ4v) is 3.67. The van der Waals surface area contributed by atoms with E-state index >= 15 is 0 Å². The second-order valence-corrected chi connectivity index (χ2v) is 7.03. The van der Waals surface area contributed by atoms with E-state index in [-0.39, 0.29) is 11.9 Å². The smallest absolute Gasteiger partial charge is 0.287 e. The molecule has 0 spiro atoms. The number of hydrogen-bond donors (Lipinski definition) is 1. The number of fused-ring (bicyclic) bond motifs is 2. The van der Waals surface area contributed by atoms with Crippen LogP contribution in [-0.4, -0.2) is 15.5 Å². The van der Waals surface area contributed by atoms with Crippen LogP contribution < -0.4 is 5.32 Å². The Morgan fingerprint density at radius 1 is 1.30 bits per heavy atom. The number of rotatable bonds is 4. The fraction of sp³-hybridized carbons (Fsp3) is 0.238. The van der Waals surface area contributed by atoms with Crippen LogP contribution in [0.15, 0.2) is 46.9 Å². The molecule has 0 saturated carbocycles. The van der Waals surface area contributed by atoms with Crippen LogP contribution in [0.3, 0.4) is 0 Å². The van der Waals surface area contributed by atoms with Gasteiger partial charge in [-0.2, -0.15) is 0 Å². The zero-order valence-electron chi connectivity index (χ0n) is 15.4. The molecular weight excluding hydrogens is 362 g/mol. The van der Waals surface area contributed by atoms with Gasteiger partial charge in [-0.15, -0.1) is 0 Å². The molecule has 2 heterocycles. The fourth-order valence-electron chi connectivity index (χ4n) is 3.49. The molecule has 2 aromatic heterocycles. The minimum absolute atomic E-state index is 0.262. The molecule has 138 valence electrons. The molecule has 2 aromatic carbocycles. The van der Waals surface area contributed by atoms with E-state index in [0.29, 0.717) is 16.4 Å². The highest BCUT2D eigenvalue weighted by atomic mass is 35.5. The number of hydrogen-bond acceptors (Lipinski definition) is 3. The molecular formula is C21H20ClN3O2. The summed E-state index contributed by atoms with van der Waals surface area (Å²) in [4.78, 5) is 17.6. The summed E-state index contributed by atoms with van der Waals surface area (Å²) >= 11 is 6.06. The number of benzene rings is 2. The van der Waals surface area contributed by atoms with Crippen LogP contribution in [0, 0.1) is 6.92 Å². The van der Waals surface area contributed by atoms with Gasteiger partial charge in [0.15, 0.2) is 5.76 Å². The number of nitrogens with zero attached hydrogens (tertiary/aromatic N) is 2. The van der Waals surface area contributed by atoms with Gasteiger partial charge in [-0.05, 0) is 51.1 Å². The Morgan fingerprint density at radius 3 is 2.85 bits per heavy atom. The molecule has 0 aliphatic heterocycles. The first kappa shape index (κ1) is 17.6. The largest absolute Gasteiger partial charge is 0.451 e. The minimum Gasteiger partial charge on any atom is -0.451 e. The summed E-state index contributed by atoms with van der Waals surface area (Å²) in [5.41, 5.74) is 3.41. The Morgan fingerprint density at radius 2 is 2.07 bits per heavy atom. The highest BCUT2D eigenvalue weighted by Gasteiger charge is 2.22. The molecule has 1 N–H and O–H groups in total. The van der Waals surface area contributed by atoms with Crippen LogP contribution >= 0.6 is 11.6 Å². The number of carbonyl (C=O) groups excluding carboxylic acids is 1. The topological polar surface area (TPSA) is 60.1 Å². The van der Waals surface area contributed by atoms with Gasteiger partial charge >= 0.3 is 0 Å². The van der Waals surface area contributed by atoms with Crippen molar-refractivity contribution in [3.05, 3.63) is 64.6 Å². The number of imidazole rings is 1. The number of halogens is 1. The number of furan rings is 1. The van der Waals surface area contributed by atoms with Crippen LogP contribution in [0.2, 0.25) is 5.02 Å². The van der Waals surface area contributed by atoms with Crippen LogP contribution in [0.5, 0.6) is 0 Å². The highest BCUT2D eigenvalue weighted by molar-refractivity contribution is 6.31. The van der Waals surface area contributed by atoms with Crippen molar-refractivity contribution in [2.75, 3.05) is 0 Å². The first-order valence-corrected chi connectivity index (χ1v) is 9.32. The van der Waals surface area contributed by atoms with Gasteiger partial charge in [-0.3, -0.25) is 4.79 Å². The molecule has 0 aliphatic rings. The first-order chi connectivity index (χ1) is 13.0. The lowest BCUT2D eigenvalue weighted by atomic mass is 10.1. The summed E-state index contributed by atoms with van der Waals surface area (Å²) in [5.74, 6) is 0.865. The lowest BCUT2D eigenvalue weighted by molar-refractivity contribution is 0.0911. The van der Waals surface area contributed by atoms with Crippen molar-refractivity contribution >= 4 is 39.5 Å². The van der Waals surface area contributed by atoms with E-state index in [1.165, 1.54) is 0 Å². The molecule has 1 amide bonds. The van der Waals surface area contributed by atoms with Crippen molar-refractivity contribution in [3.8, 4) is 0 Å². The van der Waals surface area contributed by atoms with E-state index in [9.17, 15) is 4.79 Å². The van der Waals surface area contributed by atoms with E-state index in [0.717, 1.165) is 34.4 Å². The Labute approximate surface area is 161 Å². The van der Waals surface area contributed by atoms with Crippen molar-refractivity contribution in [1.29, 1.82) is 0 Å². The van der Waals surface area contributed by atoms with Gasteiger partial charge in [0.1, 0.15) is 11.4 Å². The predicted octanol–water partition coefficient (Wildman–Crippen LogP) is 5.26. The molecule has 5 nitrogen and oxygen atoms in total.